The van der Waals surface area contributed by atoms with Crippen LogP contribution in [0.15, 0.2) is 47.1 Å². The first kappa shape index (κ1) is 16.8. The predicted molar refractivity (Wildman–Crippen MR) is 89.4 cm³/mol. The third kappa shape index (κ3) is 4.98. The van der Waals surface area contributed by atoms with Gasteiger partial charge in [-0.1, -0.05) is 25.5 Å². The van der Waals surface area contributed by atoms with Crippen molar-refractivity contribution in [3.8, 4) is 0 Å². The number of furan rings is 1. The molecule has 2 rings (SSSR count). The van der Waals surface area contributed by atoms with E-state index in [4.69, 9.17) is 4.42 Å². The standard InChI is InChI=1S/C18H22N2O3/c1-3-4-6-14-8-10-15(11-9-14)19-17(21)13-20(2)18(22)16-7-5-12-23-16/h5,7-12H,3-4,6,13H2,1-2H3,(H,19,21). The average molecular weight is 314 g/mol. The van der Waals surface area contributed by atoms with Crippen molar-refractivity contribution in [2.45, 2.75) is 26.2 Å². The first-order valence-corrected chi connectivity index (χ1v) is 7.78. The normalized spacial score (nSPS) is 10.3. The van der Waals surface area contributed by atoms with Crippen LogP contribution in [0.25, 0.3) is 0 Å². The lowest BCUT2D eigenvalue weighted by atomic mass is 10.1. The van der Waals surface area contributed by atoms with Crippen molar-refractivity contribution in [2.75, 3.05) is 18.9 Å². The molecule has 0 radical (unpaired) electrons. The van der Waals surface area contributed by atoms with Crippen LogP contribution in [-0.2, 0) is 11.2 Å². The number of rotatable bonds is 7. The molecule has 122 valence electrons. The Labute approximate surface area is 136 Å². The van der Waals surface area contributed by atoms with Crippen molar-refractivity contribution >= 4 is 17.5 Å². The third-order valence-electron chi connectivity index (χ3n) is 3.52. The van der Waals surface area contributed by atoms with Gasteiger partial charge in [-0.3, -0.25) is 9.59 Å². The van der Waals surface area contributed by atoms with Crippen LogP contribution in [0.5, 0.6) is 0 Å². The number of nitrogens with one attached hydrogen (secondary N) is 1. The molecule has 0 bridgehead atoms. The van der Waals surface area contributed by atoms with Crippen molar-refractivity contribution in [3.63, 3.8) is 0 Å². The maximum atomic E-state index is 12.0. The zero-order chi connectivity index (χ0) is 16.7. The summed E-state index contributed by atoms with van der Waals surface area (Å²) in [5.74, 6) is -0.339. The number of hydrogen-bond donors (Lipinski definition) is 1. The highest BCUT2D eigenvalue weighted by atomic mass is 16.3. The number of nitrogens with zero attached hydrogens (tertiary/aromatic N) is 1. The minimum absolute atomic E-state index is 0.0306. The molecule has 0 fully saturated rings. The number of carbonyl (C=O) groups excluding carboxylic acids is 2. The van der Waals surface area contributed by atoms with E-state index in [1.54, 1.807) is 19.2 Å². The maximum absolute atomic E-state index is 12.0. The lowest BCUT2D eigenvalue weighted by molar-refractivity contribution is -0.116. The number of hydrogen-bond acceptors (Lipinski definition) is 3. The van der Waals surface area contributed by atoms with Crippen LogP contribution in [0.3, 0.4) is 0 Å². The Hall–Kier alpha value is -2.56. The topological polar surface area (TPSA) is 62.6 Å². The molecule has 23 heavy (non-hydrogen) atoms. The van der Waals surface area contributed by atoms with Crippen LogP contribution >= 0.6 is 0 Å². The Morgan fingerprint density at radius 3 is 2.52 bits per heavy atom. The van der Waals surface area contributed by atoms with Gasteiger partial charge in [-0.2, -0.15) is 0 Å². The summed E-state index contributed by atoms with van der Waals surface area (Å²) >= 11 is 0. The molecule has 0 saturated carbocycles. The van der Waals surface area contributed by atoms with Crippen LogP contribution in [0, 0.1) is 0 Å². The molecule has 1 heterocycles. The lowest BCUT2D eigenvalue weighted by Gasteiger charge is -2.15. The van der Waals surface area contributed by atoms with E-state index in [1.165, 1.54) is 16.7 Å². The smallest absolute Gasteiger partial charge is 0.289 e. The molecule has 2 amide bonds. The van der Waals surface area contributed by atoms with E-state index in [0.29, 0.717) is 0 Å². The number of unbranched alkanes of at least 4 members (excludes halogenated alkanes) is 1. The Balaban J connectivity index is 1.85. The van der Waals surface area contributed by atoms with Gasteiger partial charge in [0, 0.05) is 12.7 Å². The van der Waals surface area contributed by atoms with E-state index in [-0.39, 0.29) is 24.1 Å². The zero-order valence-electron chi connectivity index (χ0n) is 13.5. The average Bonchev–Trinajstić information content (AvgIpc) is 3.07. The molecule has 0 unspecified atom stereocenters. The summed E-state index contributed by atoms with van der Waals surface area (Å²) in [6.45, 7) is 2.13. The van der Waals surface area contributed by atoms with Crippen LogP contribution in [0.1, 0.15) is 35.9 Å². The first-order valence-electron chi connectivity index (χ1n) is 7.78. The maximum Gasteiger partial charge on any atom is 0.289 e. The second-order valence-corrected chi connectivity index (χ2v) is 5.49. The van der Waals surface area contributed by atoms with E-state index < -0.39 is 0 Å². The van der Waals surface area contributed by atoms with E-state index >= 15 is 0 Å². The van der Waals surface area contributed by atoms with Crippen LogP contribution < -0.4 is 5.32 Å². The van der Waals surface area contributed by atoms with Crippen molar-refractivity contribution in [3.05, 3.63) is 54.0 Å². The molecule has 0 saturated heterocycles. The molecule has 0 atom stereocenters. The van der Waals surface area contributed by atoms with Crippen LogP contribution in [0.2, 0.25) is 0 Å². The van der Waals surface area contributed by atoms with E-state index in [1.807, 2.05) is 24.3 Å². The molecule has 0 aliphatic rings. The second kappa shape index (κ2) is 8.17. The van der Waals surface area contributed by atoms with E-state index in [2.05, 4.69) is 12.2 Å². The minimum atomic E-state index is -0.319. The van der Waals surface area contributed by atoms with Crippen LogP contribution in [-0.4, -0.2) is 30.3 Å². The van der Waals surface area contributed by atoms with Gasteiger partial charge < -0.3 is 14.6 Å². The van der Waals surface area contributed by atoms with Gasteiger partial charge in [0.1, 0.15) is 0 Å². The summed E-state index contributed by atoms with van der Waals surface area (Å²) in [5, 5.41) is 2.79. The quantitative estimate of drug-likeness (QED) is 0.852. The number of amides is 2. The molecule has 0 spiro atoms. The number of aryl methyl sites for hydroxylation is 1. The second-order valence-electron chi connectivity index (χ2n) is 5.49. The number of likely N-dealkylation sites (N-methyl/N-ethyl adjacent to an activating group) is 1. The molecule has 0 aliphatic heterocycles. The SMILES string of the molecule is CCCCc1ccc(NC(=O)CN(C)C(=O)c2ccco2)cc1. The van der Waals surface area contributed by atoms with Crippen molar-refractivity contribution in [1.82, 2.24) is 4.90 Å². The number of anilines is 1. The molecular weight excluding hydrogens is 292 g/mol. The molecule has 5 heteroatoms. The highest BCUT2D eigenvalue weighted by molar-refractivity contribution is 5.97. The summed E-state index contributed by atoms with van der Waals surface area (Å²) < 4.78 is 5.04. The summed E-state index contributed by atoms with van der Waals surface area (Å²) in [6, 6.07) is 11.0. The summed E-state index contributed by atoms with van der Waals surface area (Å²) in [5.41, 5.74) is 1.99. The van der Waals surface area contributed by atoms with Crippen molar-refractivity contribution in [2.24, 2.45) is 0 Å². The van der Waals surface area contributed by atoms with Gasteiger partial charge in [0.25, 0.3) is 5.91 Å². The van der Waals surface area contributed by atoms with Crippen molar-refractivity contribution < 1.29 is 14.0 Å². The molecule has 0 aliphatic carbocycles. The molecular formula is C18H22N2O3. The van der Waals surface area contributed by atoms with Gasteiger partial charge in [0.2, 0.25) is 5.91 Å². The fraction of sp³-hybridized carbons (Fsp3) is 0.333. The van der Waals surface area contributed by atoms with Gasteiger partial charge in [-0.15, -0.1) is 0 Å². The van der Waals surface area contributed by atoms with Crippen molar-refractivity contribution in [1.29, 1.82) is 0 Å². The summed E-state index contributed by atoms with van der Waals surface area (Å²) in [4.78, 5) is 25.3. The number of carbonyl (C=O) groups is 2. The molecule has 2 aromatic rings. The fourth-order valence-electron chi connectivity index (χ4n) is 2.21. The highest BCUT2D eigenvalue weighted by Crippen LogP contribution is 2.12. The van der Waals surface area contributed by atoms with Gasteiger partial charge in [-0.05, 0) is 42.7 Å². The molecule has 1 N–H and O–H groups in total. The minimum Gasteiger partial charge on any atom is -0.459 e. The van der Waals surface area contributed by atoms with E-state index in [9.17, 15) is 9.59 Å². The fourth-order valence-corrected chi connectivity index (χ4v) is 2.21. The third-order valence-corrected chi connectivity index (χ3v) is 3.52. The van der Waals surface area contributed by atoms with Crippen LogP contribution in [0.4, 0.5) is 5.69 Å². The Morgan fingerprint density at radius 2 is 1.91 bits per heavy atom. The predicted octanol–water partition coefficient (Wildman–Crippen LogP) is 3.33. The van der Waals surface area contributed by atoms with Gasteiger partial charge in [0.05, 0.1) is 12.8 Å². The Morgan fingerprint density at radius 1 is 1.17 bits per heavy atom. The van der Waals surface area contributed by atoms with E-state index in [0.717, 1.165) is 24.9 Å². The summed E-state index contributed by atoms with van der Waals surface area (Å²) in [6.07, 6.45) is 4.80. The Kier molecular flexibility index (Phi) is 5.97. The van der Waals surface area contributed by atoms with Gasteiger partial charge in [0.15, 0.2) is 5.76 Å². The number of benzene rings is 1. The lowest BCUT2D eigenvalue weighted by Crippen LogP contribution is -2.34. The largest absolute Gasteiger partial charge is 0.459 e. The first-order chi connectivity index (χ1) is 11.1. The van der Waals surface area contributed by atoms with Gasteiger partial charge >= 0.3 is 0 Å². The molecule has 1 aromatic heterocycles. The monoisotopic (exact) mass is 314 g/mol. The molecule has 1 aromatic carbocycles. The molecule has 5 nitrogen and oxygen atoms in total. The van der Waals surface area contributed by atoms with Gasteiger partial charge in [-0.25, -0.2) is 0 Å². The zero-order valence-corrected chi connectivity index (χ0v) is 13.5. The summed E-state index contributed by atoms with van der Waals surface area (Å²) in [7, 11) is 1.57. The highest BCUT2D eigenvalue weighted by Gasteiger charge is 2.17. The Bertz CT molecular complexity index is 633.